The Morgan fingerprint density at radius 2 is 1.96 bits per heavy atom. The van der Waals surface area contributed by atoms with E-state index in [-0.39, 0.29) is 5.91 Å². The minimum atomic E-state index is -0.166. The summed E-state index contributed by atoms with van der Waals surface area (Å²) in [4.78, 5) is 12.6. The third kappa shape index (κ3) is 3.94. The molecule has 0 spiro atoms. The van der Waals surface area contributed by atoms with Crippen molar-refractivity contribution >= 4 is 39.1 Å². The molecule has 0 aliphatic heterocycles. The lowest BCUT2D eigenvalue weighted by Crippen LogP contribution is -2.14. The summed E-state index contributed by atoms with van der Waals surface area (Å²) in [5, 5.41) is 8.22. The van der Waals surface area contributed by atoms with Crippen LogP contribution in [0.3, 0.4) is 0 Å². The van der Waals surface area contributed by atoms with Crippen LogP contribution in [-0.2, 0) is 6.54 Å². The van der Waals surface area contributed by atoms with E-state index in [1.807, 2.05) is 61.0 Å². The van der Waals surface area contributed by atoms with Crippen LogP contribution in [0.4, 0.5) is 5.69 Å². The van der Waals surface area contributed by atoms with Crippen molar-refractivity contribution in [1.82, 2.24) is 9.78 Å². The van der Waals surface area contributed by atoms with Crippen molar-refractivity contribution in [3.63, 3.8) is 0 Å². The normalized spacial score (nSPS) is 10.7. The zero-order valence-electron chi connectivity index (χ0n) is 13.9. The lowest BCUT2D eigenvalue weighted by atomic mass is 10.2. The number of aromatic nitrogens is 2. The first kappa shape index (κ1) is 17.7. The van der Waals surface area contributed by atoms with Crippen molar-refractivity contribution in [3.05, 3.63) is 80.5 Å². The van der Waals surface area contributed by atoms with E-state index in [1.165, 1.54) is 0 Å². The molecule has 1 N–H and O–H groups in total. The maximum atomic E-state index is 12.6. The molecule has 0 saturated carbocycles. The molecule has 128 valence electrons. The quantitative estimate of drug-likeness (QED) is 0.631. The summed E-state index contributed by atoms with van der Waals surface area (Å²) in [6, 6.07) is 15.0. The lowest BCUT2D eigenvalue weighted by Gasteiger charge is -2.08. The monoisotopic (exact) mass is 417 g/mol. The standard InChI is InChI=1S/C19H17BrClN3O/c1-12-18(22-19(25)16-8-3-4-9-17(16)20)13(2)24(23-12)11-14-6-5-7-15(21)10-14/h3-10H,11H2,1-2H3,(H,22,25). The molecule has 0 bridgehead atoms. The summed E-state index contributed by atoms with van der Waals surface area (Å²) < 4.78 is 2.63. The van der Waals surface area contributed by atoms with Crippen molar-refractivity contribution in [2.75, 3.05) is 5.32 Å². The predicted molar refractivity (Wildman–Crippen MR) is 104 cm³/mol. The zero-order chi connectivity index (χ0) is 18.0. The van der Waals surface area contributed by atoms with Crippen LogP contribution in [0.25, 0.3) is 0 Å². The first-order valence-corrected chi connectivity index (χ1v) is 8.97. The number of carbonyl (C=O) groups is 1. The number of amides is 1. The topological polar surface area (TPSA) is 46.9 Å². The number of hydrogen-bond acceptors (Lipinski definition) is 2. The average molecular weight is 419 g/mol. The van der Waals surface area contributed by atoms with Crippen LogP contribution in [0, 0.1) is 13.8 Å². The van der Waals surface area contributed by atoms with Crippen LogP contribution < -0.4 is 5.32 Å². The van der Waals surface area contributed by atoms with Gasteiger partial charge >= 0.3 is 0 Å². The van der Waals surface area contributed by atoms with E-state index in [0.29, 0.717) is 17.1 Å². The van der Waals surface area contributed by atoms with Crippen molar-refractivity contribution in [2.24, 2.45) is 0 Å². The maximum Gasteiger partial charge on any atom is 0.256 e. The Kier molecular flexibility index (Phi) is 5.25. The number of rotatable bonds is 4. The van der Waals surface area contributed by atoms with E-state index in [1.54, 1.807) is 6.07 Å². The molecule has 0 unspecified atom stereocenters. The molecule has 0 saturated heterocycles. The molecule has 1 heterocycles. The van der Waals surface area contributed by atoms with Gasteiger partial charge in [-0.15, -0.1) is 0 Å². The van der Waals surface area contributed by atoms with Crippen molar-refractivity contribution in [1.29, 1.82) is 0 Å². The molecule has 0 fully saturated rings. The van der Waals surface area contributed by atoms with Gasteiger partial charge in [-0.25, -0.2) is 0 Å². The van der Waals surface area contributed by atoms with Crippen LogP contribution in [0.5, 0.6) is 0 Å². The predicted octanol–water partition coefficient (Wildman–Crippen LogP) is 5.22. The largest absolute Gasteiger partial charge is 0.319 e. The highest BCUT2D eigenvalue weighted by atomic mass is 79.9. The summed E-state index contributed by atoms with van der Waals surface area (Å²) in [6.45, 7) is 4.43. The second-order valence-corrected chi connectivity index (χ2v) is 7.06. The first-order valence-electron chi connectivity index (χ1n) is 7.80. The third-order valence-electron chi connectivity index (χ3n) is 3.96. The maximum absolute atomic E-state index is 12.6. The molecule has 0 aliphatic rings. The van der Waals surface area contributed by atoms with E-state index in [0.717, 1.165) is 27.1 Å². The second kappa shape index (κ2) is 7.42. The molecule has 0 atom stereocenters. The molecule has 0 radical (unpaired) electrons. The van der Waals surface area contributed by atoms with Gasteiger partial charge in [-0.2, -0.15) is 5.10 Å². The highest BCUT2D eigenvalue weighted by Gasteiger charge is 2.16. The number of halogens is 2. The van der Waals surface area contributed by atoms with E-state index < -0.39 is 0 Å². The van der Waals surface area contributed by atoms with E-state index in [9.17, 15) is 4.79 Å². The summed E-state index contributed by atoms with van der Waals surface area (Å²) in [5.41, 5.74) is 4.06. The van der Waals surface area contributed by atoms with Gasteiger partial charge in [0.05, 0.1) is 29.2 Å². The molecule has 1 aromatic heterocycles. The molecule has 1 amide bonds. The summed E-state index contributed by atoms with van der Waals surface area (Å²) in [6.07, 6.45) is 0. The molecule has 4 nitrogen and oxygen atoms in total. The van der Waals surface area contributed by atoms with Gasteiger partial charge in [-0.05, 0) is 59.6 Å². The molecule has 2 aromatic carbocycles. The third-order valence-corrected chi connectivity index (χ3v) is 4.89. The molecule has 3 aromatic rings. The van der Waals surface area contributed by atoms with Gasteiger partial charge in [0, 0.05) is 9.50 Å². The molecule has 6 heteroatoms. The second-order valence-electron chi connectivity index (χ2n) is 5.77. The smallest absolute Gasteiger partial charge is 0.256 e. The number of hydrogen-bond donors (Lipinski definition) is 1. The SMILES string of the molecule is Cc1nn(Cc2cccc(Cl)c2)c(C)c1NC(=O)c1ccccc1Br. The molecule has 3 rings (SSSR count). The lowest BCUT2D eigenvalue weighted by molar-refractivity contribution is 0.102. The van der Waals surface area contributed by atoms with Gasteiger partial charge in [0.25, 0.3) is 5.91 Å². The molecule has 25 heavy (non-hydrogen) atoms. The highest BCUT2D eigenvalue weighted by molar-refractivity contribution is 9.10. The number of anilines is 1. The summed E-state index contributed by atoms with van der Waals surface area (Å²) in [7, 11) is 0. The minimum Gasteiger partial charge on any atom is -0.319 e. The average Bonchev–Trinajstić information content (AvgIpc) is 2.83. The first-order chi connectivity index (χ1) is 12.0. The van der Waals surface area contributed by atoms with Crippen molar-refractivity contribution < 1.29 is 4.79 Å². The van der Waals surface area contributed by atoms with Crippen LogP contribution in [0.1, 0.15) is 27.3 Å². The Labute approximate surface area is 159 Å². The van der Waals surface area contributed by atoms with Gasteiger partial charge in [-0.3, -0.25) is 9.48 Å². The van der Waals surface area contributed by atoms with Gasteiger partial charge in [0.1, 0.15) is 0 Å². The van der Waals surface area contributed by atoms with Crippen LogP contribution in [0.2, 0.25) is 5.02 Å². The molecular weight excluding hydrogens is 402 g/mol. The van der Waals surface area contributed by atoms with Crippen LogP contribution >= 0.6 is 27.5 Å². The Hall–Kier alpha value is -2.11. The molecular formula is C19H17BrClN3O. The van der Waals surface area contributed by atoms with E-state index in [4.69, 9.17) is 11.6 Å². The molecule has 0 aliphatic carbocycles. The summed E-state index contributed by atoms with van der Waals surface area (Å²) >= 11 is 9.46. The van der Waals surface area contributed by atoms with Gasteiger partial charge in [0.15, 0.2) is 0 Å². The van der Waals surface area contributed by atoms with Gasteiger partial charge in [-0.1, -0.05) is 35.9 Å². The fraction of sp³-hybridized carbons (Fsp3) is 0.158. The summed E-state index contributed by atoms with van der Waals surface area (Å²) in [5.74, 6) is -0.166. The van der Waals surface area contributed by atoms with Crippen LogP contribution in [0.15, 0.2) is 53.0 Å². The Morgan fingerprint density at radius 3 is 2.68 bits per heavy atom. The van der Waals surface area contributed by atoms with E-state index >= 15 is 0 Å². The number of aryl methyl sites for hydroxylation is 1. The Bertz CT molecular complexity index is 936. The fourth-order valence-electron chi connectivity index (χ4n) is 2.67. The Morgan fingerprint density at radius 1 is 1.20 bits per heavy atom. The Balaban J connectivity index is 1.85. The number of nitrogens with zero attached hydrogens (tertiary/aromatic N) is 2. The number of carbonyl (C=O) groups excluding carboxylic acids is 1. The number of nitrogens with one attached hydrogen (secondary N) is 1. The fourth-order valence-corrected chi connectivity index (χ4v) is 3.34. The van der Waals surface area contributed by atoms with Crippen molar-refractivity contribution in [2.45, 2.75) is 20.4 Å². The van der Waals surface area contributed by atoms with Crippen LogP contribution in [-0.4, -0.2) is 15.7 Å². The highest BCUT2D eigenvalue weighted by Crippen LogP contribution is 2.23. The van der Waals surface area contributed by atoms with Crippen molar-refractivity contribution in [3.8, 4) is 0 Å². The number of benzene rings is 2. The van der Waals surface area contributed by atoms with Gasteiger partial charge < -0.3 is 5.32 Å². The van der Waals surface area contributed by atoms with E-state index in [2.05, 4.69) is 26.3 Å². The van der Waals surface area contributed by atoms with Gasteiger partial charge in [0.2, 0.25) is 0 Å². The minimum absolute atomic E-state index is 0.166. The zero-order valence-corrected chi connectivity index (χ0v) is 16.2.